The molecule has 6 nitrogen and oxygen atoms in total. The molecule has 1 saturated heterocycles. The first-order chi connectivity index (χ1) is 11.9. The van der Waals surface area contributed by atoms with Crippen molar-refractivity contribution in [3.8, 4) is 0 Å². The zero-order chi connectivity index (χ0) is 17.8. The topological polar surface area (TPSA) is 89.7 Å². The van der Waals surface area contributed by atoms with Gasteiger partial charge in [-0.15, -0.1) is 11.3 Å². The van der Waals surface area contributed by atoms with Crippen LogP contribution in [0, 0.1) is 11.8 Å². The van der Waals surface area contributed by atoms with E-state index < -0.39 is 16.0 Å². The van der Waals surface area contributed by atoms with Gasteiger partial charge in [0, 0.05) is 29.2 Å². The van der Waals surface area contributed by atoms with E-state index in [0.29, 0.717) is 24.4 Å². The number of fused-ring (bicyclic) bond motifs is 2. The van der Waals surface area contributed by atoms with Crippen molar-refractivity contribution in [1.82, 2.24) is 4.31 Å². The summed E-state index contributed by atoms with van der Waals surface area (Å²) < 4.78 is 33.8. The van der Waals surface area contributed by atoms with Gasteiger partial charge in [0.05, 0.1) is 7.11 Å². The molecule has 2 N–H and O–H groups in total. The quantitative estimate of drug-likeness (QED) is 0.823. The number of rotatable bonds is 3. The predicted molar refractivity (Wildman–Crippen MR) is 96.1 cm³/mol. The Kier molecular flexibility index (Phi) is 4.10. The molecule has 3 atom stereocenters. The summed E-state index contributed by atoms with van der Waals surface area (Å²) in [7, 11) is -2.52. The highest BCUT2D eigenvalue weighted by atomic mass is 32.2. The highest BCUT2D eigenvalue weighted by Gasteiger charge is 2.46. The number of benzene rings is 1. The van der Waals surface area contributed by atoms with Crippen LogP contribution in [-0.2, 0) is 14.8 Å². The summed E-state index contributed by atoms with van der Waals surface area (Å²) in [5.74, 6) is -0.0895. The second-order valence-electron chi connectivity index (χ2n) is 6.74. The lowest BCUT2D eigenvalue weighted by atomic mass is 9.98. The number of hydrogen-bond donors (Lipinski definition) is 1. The lowest BCUT2D eigenvalue weighted by molar-refractivity contribution is 0.0602. The van der Waals surface area contributed by atoms with Crippen molar-refractivity contribution in [1.29, 1.82) is 0 Å². The molecule has 1 aromatic heterocycles. The molecule has 0 spiro atoms. The summed E-state index contributed by atoms with van der Waals surface area (Å²) in [5, 5.41) is 0.578. The zero-order valence-corrected chi connectivity index (χ0v) is 15.5. The Morgan fingerprint density at radius 3 is 2.76 bits per heavy atom. The first kappa shape index (κ1) is 17.0. The Morgan fingerprint density at radius 2 is 2.04 bits per heavy atom. The van der Waals surface area contributed by atoms with Crippen LogP contribution in [0.4, 0.5) is 0 Å². The predicted octanol–water partition coefficient (Wildman–Crippen LogP) is 2.05. The summed E-state index contributed by atoms with van der Waals surface area (Å²) in [4.78, 5) is 12.4. The number of carbonyl (C=O) groups is 1. The minimum Gasteiger partial charge on any atom is -0.465 e. The van der Waals surface area contributed by atoms with Gasteiger partial charge in [-0.25, -0.2) is 13.2 Å². The lowest BCUT2D eigenvalue weighted by Crippen LogP contribution is -2.34. The Morgan fingerprint density at radius 1 is 1.28 bits per heavy atom. The van der Waals surface area contributed by atoms with Crippen LogP contribution in [-0.4, -0.2) is 44.9 Å². The van der Waals surface area contributed by atoms with E-state index in [2.05, 4.69) is 0 Å². The zero-order valence-electron chi connectivity index (χ0n) is 13.8. The largest absolute Gasteiger partial charge is 0.465 e. The first-order valence-electron chi connectivity index (χ1n) is 8.29. The van der Waals surface area contributed by atoms with Crippen LogP contribution in [0.15, 0.2) is 29.2 Å². The van der Waals surface area contributed by atoms with Gasteiger partial charge in [0.25, 0.3) is 0 Å². The number of esters is 1. The average Bonchev–Trinajstić information content (AvgIpc) is 3.28. The third kappa shape index (κ3) is 2.59. The summed E-state index contributed by atoms with van der Waals surface area (Å²) in [5.41, 5.74) is 6.14. The molecule has 1 aliphatic heterocycles. The molecular weight excluding hydrogens is 360 g/mol. The van der Waals surface area contributed by atoms with Crippen molar-refractivity contribution in [3.63, 3.8) is 0 Å². The fraction of sp³-hybridized carbons (Fsp3) is 0.471. The third-order valence-electron chi connectivity index (χ3n) is 5.40. The van der Waals surface area contributed by atoms with Crippen molar-refractivity contribution in [2.45, 2.75) is 23.8 Å². The molecule has 0 radical (unpaired) electrons. The number of hydrogen-bond acceptors (Lipinski definition) is 6. The van der Waals surface area contributed by atoms with Gasteiger partial charge in [-0.1, -0.05) is 18.2 Å². The average molecular weight is 380 g/mol. The molecule has 2 aliphatic rings. The summed E-state index contributed by atoms with van der Waals surface area (Å²) >= 11 is 1.16. The van der Waals surface area contributed by atoms with Crippen molar-refractivity contribution >= 4 is 37.4 Å². The monoisotopic (exact) mass is 380 g/mol. The Labute approximate surface area is 150 Å². The molecule has 4 rings (SSSR count). The van der Waals surface area contributed by atoms with E-state index in [9.17, 15) is 13.2 Å². The number of ether oxygens (including phenoxy) is 1. The molecule has 3 unspecified atom stereocenters. The van der Waals surface area contributed by atoms with E-state index in [-0.39, 0.29) is 21.7 Å². The van der Waals surface area contributed by atoms with E-state index in [1.165, 1.54) is 11.4 Å². The van der Waals surface area contributed by atoms with Gasteiger partial charge >= 0.3 is 5.97 Å². The smallest absolute Gasteiger partial charge is 0.349 e. The summed E-state index contributed by atoms with van der Waals surface area (Å²) in [6.07, 6.45) is 1.92. The van der Waals surface area contributed by atoms with Gasteiger partial charge in [-0.2, -0.15) is 4.31 Å². The molecule has 2 fully saturated rings. The van der Waals surface area contributed by atoms with Crippen LogP contribution >= 0.6 is 11.3 Å². The standard InChI is InChI=1S/C17H20N2O4S2/c1-23-17(20)15-16(11-4-2-3-5-14(11)24-15)25(21,22)19-8-10-6-7-13(18)12(10)9-19/h2-5,10,12-13H,6-9,18H2,1H3. The molecule has 1 aliphatic carbocycles. The number of sulfonamides is 1. The van der Waals surface area contributed by atoms with Crippen LogP contribution in [0.5, 0.6) is 0 Å². The third-order valence-corrected chi connectivity index (χ3v) is 8.60. The molecule has 8 heteroatoms. The Balaban J connectivity index is 1.82. The lowest BCUT2D eigenvalue weighted by Gasteiger charge is -2.19. The van der Waals surface area contributed by atoms with Crippen LogP contribution < -0.4 is 5.73 Å². The maximum Gasteiger partial charge on any atom is 0.349 e. The van der Waals surface area contributed by atoms with Crippen molar-refractivity contribution in [2.75, 3.05) is 20.2 Å². The molecule has 134 valence electrons. The number of nitrogens with zero attached hydrogens (tertiary/aromatic N) is 1. The molecule has 1 aromatic carbocycles. The van der Waals surface area contributed by atoms with E-state index in [0.717, 1.165) is 28.9 Å². The maximum absolute atomic E-state index is 13.4. The molecular formula is C17H20N2O4S2. The fourth-order valence-electron chi connectivity index (χ4n) is 4.10. The van der Waals surface area contributed by atoms with Crippen LogP contribution in [0.1, 0.15) is 22.5 Å². The van der Waals surface area contributed by atoms with Gasteiger partial charge in [0.2, 0.25) is 10.0 Å². The Bertz CT molecular complexity index is 937. The molecule has 0 amide bonds. The summed E-state index contributed by atoms with van der Waals surface area (Å²) in [6, 6.07) is 7.23. The molecule has 25 heavy (non-hydrogen) atoms. The van der Waals surface area contributed by atoms with Gasteiger partial charge in [-0.05, 0) is 30.7 Å². The SMILES string of the molecule is COC(=O)c1sc2ccccc2c1S(=O)(=O)N1CC2CCC(N)C2C1. The van der Waals surface area contributed by atoms with Crippen LogP contribution in [0.2, 0.25) is 0 Å². The van der Waals surface area contributed by atoms with Gasteiger partial charge in [0.1, 0.15) is 9.77 Å². The minimum absolute atomic E-state index is 0.0597. The van der Waals surface area contributed by atoms with Gasteiger partial charge in [0.15, 0.2) is 0 Å². The van der Waals surface area contributed by atoms with E-state index in [1.807, 2.05) is 12.1 Å². The number of carbonyl (C=O) groups excluding carboxylic acids is 1. The first-order valence-corrected chi connectivity index (χ1v) is 10.5. The maximum atomic E-state index is 13.4. The van der Waals surface area contributed by atoms with Gasteiger partial charge in [-0.3, -0.25) is 0 Å². The highest BCUT2D eigenvalue weighted by Crippen LogP contribution is 2.42. The molecule has 0 bridgehead atoms. The fourth-order valence-corrected chi connectivity index (χ4v) is 7.41. The second kappa shape index (κ2) is 6.05. The normalized spacial score (nSPS) is 26.9. The van der Waals surface area contributed by atoms with E-state index in [1.54, 1.807) is 12.1 Å². The summed E-state index contributed by atoms with van der Waals surface area (Å²) in [6.45, 7) is 0.907. The van der Waals surface area contributed by atoms with E-state index >= 15 is 0 Å². The molecule has 1 saturated carbocycles. The number of nitrogens with two attached hydrogens (primary N) is 1. The van der Waals surface area contributed by atoms with E-state index in [4.69, 9.17) is 10.5 Å². The van der Waals surface area contributed by atoms with Gasteiger partial charge < -0.3 is 10.5 Å². The second-order valence-corrected chi connectivity index (χ2v) is 9.66. The van der Waals surface area contributed by atoms with Crippen molar-refractivity contribution in [3.05, 3.63) is 29.1 Å². The number of methoxy groups -OCH3 is 1. The molecule has 2 heterocycles. The number of thiophene rings is 1. The molecule has 2 aromatic rings. The minimum atomic E-state index is -3.79. The van der Waals surface area contributed by atoms with Crippen LogP contribution in [0.25, 0.3) is 10.1 Å². The van der Waals surface area contributed by atoms with Crippen LogP contribution in [0.3, 0.4) is 0 Å². The highest BCUT2D eigenvalue weighted by molar-refractivity contribution is 7.89. The van der Waals surface area contributed by atoms with Crippen molar-refractivity contribution < 1.29 is 17.9 Å². The van der Waals surface area contributed by atoms with Crippen molar-refractivity contribution in [2.24, 2.45) is 17.6 Å². The Hall–Kier alpha value is -1.48.